The van der Waals surface area contributed by atoms with Crippen LogP contribution in [-0.2, 0) is 37.4 Å². The monoisotopic (exact) mass is 1190 g/mol. The van der Waals surface area contributed by atoms with E-state index in [0.717, 1.165) is 101 Å². The van der Waals surface area contributed by atoms with Gasteiger partial charge in [0.25, 0.3) is 0 Å². The van der Waals surface area contributed by atoms with Gasteiger partial charge in [0.2, 0.25) is 11.8 Å². The van der Waals surface area contributed by atoms with Gasteiger partial charge in [0.05, 0.1) is 45.7 Å². The van der Waals surface area contributed by atoms with E-state index in [9.17, 15) is 24.0 Å². The summed E-state index contributed by atoms with van der Waals surface area (Å²) in [5, 5.41) is 3.75. The highest BCUT2D eigenvalue weighted by molar-refractivity contribution is 6.02. The molecule has 0 saturated carbocycles. The van der Waals surface area contributed by atoms with Gasteiger partial charge in [0, 0.05) is 89.1 Å². The van der Waals surface area contributed by atoms with Crippen LogP contribution in [0.5, 0.6) is 6.01 Å². The predicted octanol–water partition coefficient (Wildman–Crippen LogP) is 8.23. The second-order valence-corrected chi connectivity index (χ2v) is 26.0. The highest BCUT2D eigenvalue weighted by Gasteiger charge is 2.51. The topological polar surface area (TPSA) is 199 Å². The zero-order valence-corrected chi connectivity index (χ0v) is 49.9. The number of carbonyl (C=O) groups is 4. The molecule has 22 heteroatoms. The molecule has 0 aliphatic carbocycles. The summed E-state index contributed by atoms with van der Waals surface area (Å²) in [7, 11) is 1.71. The normalized spacial score (nSPS) is 24.1. The summed E-state index contributed by atoms with van der Waals surface area (Å²) in [4.78, 5) is 89.9. The minimum atomic E-state index is -0.727. The summed E-state index contributed by atoms with van der Waals surface area (Å²) in [5.74, 6) is 1.16. The van der Waals surface area contributed by atoms with Gasteiger partial charge in [0.15, 0.2) is 5.82 Å². The van der Waals surface area contributed by atoms with Crippen molar-refractivity contribution in [3.05, 3.63) is 88.0 Å². The second-order valence-electron chi connectivity index (χ2n) is 26.0. The Balaban J connectivity index is 0.618. The molecule has 458 valence electrons. The Morgan fingerprint density at radius 2 is 1.64 bits per heavy atom. The molecule has 10 heterocycles. The van der Waals surface area contributed by atoms with E-state index < -0.39 is 29.2 Å². The van der Waals surface area contributed by atoms with E-state index in [1.807, 2.05) is 48.8 Å². The van der Waals surface area contributed by atoms with Crippen LogP contribution in [0.2, 0.25) is 0 Å². The first-order valence-electron chi connectivity index (χ1n) is 30.9. The van der Waals surface area contributed by atoms with Gasteiger partial charge in [-0.15, -0.1) is 6.42 Å². The minimum Gasteiger partial charge on any atom is -0.461 e. The molecule has 6 aromatic rings. The summed E-state index contributed by atoms with van der Waals surface area (Å²) < 4.78 is 60.8. The SMILES string of the molecule is C#Cc1c(F)ccc2cccc(-c3ncc4c(N5CC6CCC(C5)N6C(=O)OC(C)(C)C)nc(OC[C@@]56CCCN5C(COC(=O)N5CCC(COC7CCN(Cc8ccc9c(c8)n(C)c(=O)n9C8CCC(=O)NC8=O)CC7)CC5)CC6)nc4c3F)c12. The molecule has 7 saturated heterocycles. The molecule has 5 atom stereocenters. The van der Waals surface area contributed by atoms with Crippen LogP contribution in [0.15, 0.2) is 59.5 Å². The first kappa shape index (κ1) is 58.3. The zero-order valence-electron chi connectivity index (χ0n) is 49.9. The number of ether oxygens (including phenoxy) is 4. The molecule has 3 aromatic heterocycles. The largest absolute Gasteiger partial charge is 0.461 e. The van der Waals surface area contributed by atoms with Crippen molar-refractivity contribution in [2.75, 3.05) is 70.5 Å². The molecule has 13 rings (SSSR count). The van der Waals surface area contributed by atoms with Gasteiger partial charge in [-0.2, -0.15) is 9.97 Å². The molecule has 20 nitrogen and oxygen atoms in total. The number of amides is 4. The number of nitrogens with one attached hydrogen (secondary N) is 1. The Labute approximate surface area is 503 Å². The maximum atomic E-state index is 17.5. The number of fused-ring (bicyclic) bond motifs is 6. The van der Waals surface area contributed by atoms with E-state index in [4.69, 9.17) is 35.3 Å². The molecule has 4 amide bonds. The molecule has 7 aliphatic rings. The fraction of sp³-hybridized carbons (Fsp3) is 0.538. The van der Waals surface area contributed by atoms with Crippen molar-refractivity contribution in [2.24, 2.45) is 13.0 Å². The van der Waals surface area contributed by atoms with E-state index >= 15 is 8.78 Å². The average molecular weight is 1190 g/mol. The van der Waals surface area contributed by atoms with Gasteiger partial charge in [-0.05, 0) is 133 Å². The number of carbonyl (C=O) groups excluding carboxylic acids is 4. The lowest BCUT2D eigenvalue weighted by Crippen LogP contribution is -2.57. The molecule has 0 spiro atoms. The number of nitrogens with zero attached hydrogens (tertiary/aromatic N) is 10. The van der Waals surface area contributed by atoms with E-state index in [0.29, 0.717) is 78.2 Å². The smallest absolute Gasteiger partial charge is 0.410 e. The van der Waals surface area contributed by atoms with Crippen molar-refractivity contribution < 1.29 is 46.9 Å². The molecular formula is C65H75F2N11O9. The van der Waals surface area contributed by atoms with Crippen LogP contribution in [-0.4, -0.2) is 169 Å². The summed E-state index contributed by atoms with van der Waals surface area (Å²) >= 11 is 0. The molecule has 4 unspecified atom stereocenters. The lowest BCUT2D eigenvalue weighted by molar-refractivity contribution is -0.135. The maximum Gasteiger partial charge on any atom is 0.410 e. The number of halogens is 2. The number of piperidine rings is 3. The quantitative estimate of drug-likeness (QED) is 0.0856. The van der Waals surface area contributed by atoms with Crippen LogP contribution in [0.4, 0.5) is 24.2 Å². The van der Waals surface area contributed by atoms with Crippen LogP contribution >= 0.6 is 0 Å². The molecule has 87 heavy (non-hydrogen) atoms. The number of rotatable bonds is 13. The first-order valence-corrected chi connectivity index (χ1v) is 30.9. The van der Waals surface area contributed by atoms with Crippen LogP contribution < -0.4 is 20.6 Å². The first-order chi connectivity index (χ1) is 41.9. The van der Waals surface area contributed by atoms with Gasteiger partial charge in [0.1, 0.15) is 47.7 Å². The van der Waals surface area contributed by atoms with Crippen molar-refractivity contribution in [2.45, 2.75) is 146 Å². The van der Waals surface area contributed by atoms with E-state index in [2.05, 4.69) is 30.9 Å². The van der Waals surface area contributed by atoms with Crippen molar-refractivity contribution in [1.29, 1.82) is 0 Å². The standard InChI is InChI=1S/C65H75F2N11O9/c1-6-46-49(66)15-12-41-9-7-10-47(54(41)46)56-55(67)57-48(32-68-56)58(75-34-42-13-14-43(35-75)77(42)63(83)87-64(2,3)4)71-60(70-57)86-38-65-24-8-26-76(65)44(19-25-65)37-85-62(82)74-29-20-39(21-30-74)36-84-45-22-27-73(28-23-45)33-40-11-16-50-52(31-40)72(5)61(81)78(50)51-17-18-53(79)69-59(51)80/h1,7,9-12,15-16,31-32,39,42-45,51H,8,13-14,17-30,33-38H2,2-5H3,(H,69,79,80)/t42?,43?,44?,51?,65-/m0/s1. The summed E-state index contributed by atoms with van der Waals surface area (Å²) in [6.07, 6.45) is 15.8. The van der Waals surface area contributed by atoms with E-state index in [-0.39, 0.29) is 96.0 Å². The van der Waals surface area contributed by atoms with E-state index in [1.54, 1.807) is 42.1 Å². The third kappa shape index (κ3) is 11.2. The Hall–Kier alpha value is -7.74. The summed E-state index contributed by atoms with van der Waals surface area (Å²) in [5.41, 5.74) is 1.49. The molecule has 7 fully saturated rings. The van der Waals surface area contributed by atoms with Gasteiger partial charge < -0.3 is 28.7 Å². The number of benzene rings is 3. The Morgan fingerprint density at radius 3 is 2.39 bits per heavy atom. The molecule has 2 bridgehead atoms. The van der Waals surface area contributed by atoms with Gasteiger partial charge >= 0.3 is 23.9 Å². The van der Waals surface area contributed by atoms with Gasteiger partial charge in [-0.3, -0.25) is 43.7 Å². The molecule has 1 N–H and O–H groups in total. The number of anilines is 1. The third-order valence-electron chi connectivity index (χ3n) is 19.4. The van der Waals surface area contributed by atoms with Gasteiger partial charge in [-0.25, -0.2) is 23.2 Å². The Morgan fingerprint density at radius 1 is 0.862 bits per heavy atom. The van der Waals surface area contributed by atoms with Crippen molar-refractivity contribution in [3.63, 3.8) is 0 Å². The summed E-state index contributed by atoms with van der Waals surface area (Å²) in [6, 6.07) is 13.0. The lowest BCUT2D eigenvalue weighted by atomic mass is 9.95. The number of imidazole rings is 1. The van der Waals surface area contributed by atoms with Crippen LogP contribution in [0.25, 0.3) is 44.0 Å². The van der Waals surface area contributed by atoms with Crippen molar-refractivity contribution in [3.8, 4) is 29.6 Å². The number of aromatic nitrogens is 5. The van der Waals surface area contributed by atoms with E-state index in [1.165, 1.54) is 10.6 Å². The number of terminal acetylenes is 1. The number of piperazine rings is 1. The lowest BCUT2D eigenvalue weighted by Gasteiger charge is -2.42. The third-order valence-corrected chi connectivity index (χ3v) is 19.4. The van der Waals surface area contributed by atoms with Gasteiger partial charge in [-0.1, -0.05) is 36.3 Å². The van der Waals surface area contributed by atoms with Crippen LogP contribution in [0.1, 0.15) is 115 Å². The molecule has 3 aromatic carbocycles. The van der Waals surface area contributed by atoms with Crippen LogP contribution in [0, 0.1) is 29.9 Å². The second kappa shape index (κ2) is 23.4. The predicted molar refractivity (Wildman–Crippen MR) is 321 cm³/mol. The minimum absolute atomic E-state index is 0.00000396. The van der Waals surface area contributed by atoms with Crippen LogP contribution in [0.3, 0.4) is 0 Å². The van der Waals surface area contributed by atoms with Crippen molar-refractivity contribution in [1.82, 2.24) is 49.0 Å². The molecule has 0 radical (unpaired) electrons. The summed E-state index contributed by atoms with van der Waals surface area (Å²) in [6.45, 7) is 12.0. The average Bonchev–Trinajstić information content (AvgIpc) is 1.84. The zero-order chi connectivity index (χ0) is 60.5. The molecule has 7 aliphatic heterocycles. The number of imide groups is 1. The van der Waals surface area contributed by atoms with Crippen molar-refractivity contribution >= 4 is 62.5 Å². The maximum absolute atomic E-state index is 17.5. The number of pyridine rings is 1. The Kier molecular flexibility index (Phi) is 15.7. The number of hydrogen-bond donors (Lipinski definition) is 1. The number of hydrogen-bond acceptors (Lipinski definition) is 15. The fourth-order valence-electron chi connectivity index (χ4n) is 14.9. The number of aryl methyl sites for hydroxylation is 1. The molecular weight excluding hydrogens is 1120 g/mol. The highest BCUT2D eigenvalue weighted by atomic mass is 19.1. The fourth-order valence-corrected chi connectivity index (χ4v) is 14.9. The Bertz CT molecular complexity index is 3790. The number of likely N-dealkylation sites (tertiary alicyclic amines) is 2. The highest BCUT2D eigenvalue weighted by Crippen LogP contribution is 2.44.